The largest absolute Gasteiger partial charge is 0.388 e. The highest BCUT2D eigenvalue weighted by Crippen LogP contribution is 2.28. The Kier molecular flexibility index (Phi) is 6.07. The number of benzene rings is 1. The lowest BCUT2D eigenvalue weighted by Crippen LogP contribution is -2.50. The number of hydrogen-bond acceptors (Lipinski definition) is 6. The van der Waals surface area contributed by atoms with Crippen LogP contribution in [0.3, 0.4) is 0 Å². The van der Waals surface area contributed by atoms with E-state index in [0.717, 1.165) is 43.6 Å². The number of aliphatic hydroxyl groups is 2. The van der Waals surface area contributed by atoms with E-state index in [2.05, 4.69) is 42.0 Å². The van der Waals surface area contributed by atoms with E-state index in [-0.39, 0.29) is 31.4 Å². The van der Waals surface area contributed by atoms with Crippen molar-refractivity contribution in [3.05, 3.63) is 46.3 Å². The van der Waals surface area contributed by atoms with E-state index in [4.69, 9.17) is 0 Å². The third-order valence-corrected chi connectivity index (χ3v) is 7.59. The normalized spacial score (nSPS) is 22.4. The van der Waals surface area contributed by atoms with Gasteiger partial charge in [-0.1, -0.05) is 12.1 Å². The maximum absolute atomic E-state index is 13.1. The van der Waals surface area contributed by atoms with Crippen molar-refractivity contribution in [2.45, 2.75) is 51.9 Å². The number of aliphatic hydroxyl groups excluding tert-OH is 2. The summed E-state index contributed by atoms with van der Waals surface area (Å²) < 4.78 is 1.71. The van der Waals surface area contributed by atoms with Gasteiger partial charge in [0.15, 0.2) is 5.69 Å². The second-order valence-corrected chi connectivity index (χ2v) is 9.72. The molecule has 2 amide bonds. The zero-order valence-electron chi connectivity index (χ0n) is 19.9. The highest BCUT2D eigenvalue weighted by molar-refractivity contribution is 5.94. The molecule has 2 saturated heterocycles. The van der Waals surface area contributed by atoms with Crippen molar-refractivity contribution < 1.29 is 19.8 Å². The third kappa shape index (κ3) is 4.07. The lowest BCUT2D eigenvalue weighted by atomic mass is 10.1. The van der Waals surface area contributed by atoms with Crippen LogP contribution in [-0.4, -0.2) is 93.1 Å². The van der Waals surface area contributed by atoms with Gasteiger partial charge in [0.2, 0.25) is 5.91 Å². The fourth-order valence-electron chi connectivity index (χ4n) is 5.40. The van der Waals surface area contributed by atoms with Gasteiger partial charge in [-0.2, -0.15) is 5.10 Å². The molecule has 2 aromatic rings. The molecule has 3 heterocycles. The number of aromatic nitrogens is 2. The number of hydrogen-bond donors (Lipinski definition) is 2. The Morgan fingerprint density at radius 2 is 1.71 bits per heavy atom. The Morgan fingerprint density at radius 3 is 2.41 bits per heavy atom. The molecule has 1 aliphatic carbocycles. The highest BCUT2D eigenvalue weighted by Gasteiger charge is 2.37. The molecule has 0 spiro atoms. The van der Waals surface area contributed by atoms with Gasteiger partial charge in [-0.15, -0.1) is 0 Å². The van der Waals surface area contributed by atoms with Gasteiger partial charge in [-0.25, -0.2) is 0 Å². The molecule has 1 aromatic heterocycles. The average Bonchev–Trinajstić information content (AvgIpc) is 3.52. The molecule has 2 atom stereocenters. The summed E-state index contributed by atoms with van der Waals surface area (Å²) in [5.74, 6) is -0.258. The fraction of sp³-hybridized carbons (Fsp3) is 0.560. The van der Waals surface area contributed by atoms with E-state index >= 15 is 0 Å². The number of piperazine rings is 1. The molecule has 1 aromatic carbocycles. The van der Waals surface area contributed by atoms with Crippen molar-refractivity contribution in [3.8, 4) is 0 Å². The molecule has 3 aliphatic rings. The van der Waals surface area contributed by atoms with Crippen molar-refractivity contribution >= 4 is 17.5 Å². The minimum Gasteiger partial charge on any atom is -0.388 e. The maximum Gasteiger partial charge on any atom is 0.274 e. The van der Waals surface area contributed by atoms with Crippen LogP contribution in [0.4, 0.5) is 5.69 Å². The molecule has 9 heteroatoms. The van der Waals surface area contributed by atoms with Gasteiger partial charge in [0.05, 0.1) is 12.2 Å². The van der Waals surface area contributed by atoms with Crippen LogP contribution in [0.2, 0.25) is 0 Å². The van der Waals surface area contributed by atoms with Crippen LogP contribution in [0, 0.1) is 13.8 Å². The topological polar surface area (TPSA) is 102 Å². The van der Waals surface area contributed by atoms with Crippen LogP contribution in [0.25, 0.3) is 0 Å². The lowest BCUT2D eigenvalue weighted by molar-refractivity contribution is -0.132. The molecule has 34 heavy (non-hydrogen) atoms. The van der Waals surface area contributed by atoms with Gasteiger partial charge in [-0.05, 0) is 50.3 Å². The summed E-state index contributed by atoms with van der Waals surface area (Å²) >= 11 is 0. The number of aryl methyl sites for hydroxylation is 1. The molecule has 2 fully saturated rings. The third-order valence-electron chi connectivity index (χ3n) is 7.59. The van der Waals surface area contributed by atoms with E-state index in [1.165, 1.54) is 21.7 Å². The molecule has 0 bridgehead atoms. The number of rotatable bonds is 4. The van der Waals surface area contributed by atoms with Crippen molar-refractivity contribution in [1.82, 2.24) is 19.6 Å². The zero-order valence-corrected chi connectivity index (χ0v) is 19.9. The summed E-state index contributed by atoms with van der Waals surface area (Å²) in [6, 6.07) is 6.34. The quantitative estimate of drug-likeness (QED) is 0.680. The van der Waals surface area contributed by atoms with E-state index in [0.29, 0.717) is 18.8 Å². The Bertz CT molecular complexity index is 1090. The van der Waals surface area contributed by atoms with E-state index in [1.54, 1.807) is 4.68 Å². The average molecular weight is 468 g/mol. The summed E-state index contributed by atoms with van der Waals surface area (Å²) in [5, 5.41) is 24.2. The monoisotopic (exact) mass is 467 g/mol. The first-order valence-electron chi connectivity index (χ1n) is 12.2. The SMILES string of the molecule is Cc1cccc(N2CCN(C(=O)Cn3nc(C(=O)N4C[C@@H](O)[C@@H](O)C4)c4c3CCC4)CC2)c1C. The number of anilines is 1. The van der Waals surface area contributed by atoms with Gasteiger partial charge in [0.25, 0.3) is 5.91 Å². The van der Waals surface area contributed by atoms with Crippen LogP contribution in [0.1, 0.15) is 39.3 Å². The van der Waals surface area contributed by atoms with Gasteiger partial charge in [0.1, 0.15) is 6.54 Å². The van der Waals surface area contributed by atoms with E-state index in [9.17, 15) is 19.8 Å². The second-order valence-electron chi connectivity index (χ2n) is 9.72. The first kappa shape index (κ1) is 22.9. The lowest BCUT2D eigenvalue weighted by Gasteiger charge is -2.37. The van der Waals surface area contributed by atoms with Gasteiger partial charge in [-0.3, -0.25) is 14.3 Å². The highest BCUT2D eigenvalue weighted by atomic mass is 16.3. The molecule has 5 rings (SSSR count). The number of carbonyl (C=O) groups is 2. The maximum atomic E-state index is 13.1. The van der Waals surface area contributed by atoms with Crippen molar-refractivity contribution in [3.63, 3.8) is 0 Å². The standard InChI is InChI=1S/C25H33N5O4/c1-16-5-3-7-19(17(16)2)27-9-11-28(12-10-27)23(33)15-30-20-8-4-6-18(20)24(26-30)25(34)29-13-21(31)22(32)14-29/h3,5,7,21-22,31-32H,4,6,8-15H2,1-2H3/t21-,22+. The van der Waals surface area contributed by atoms with Crippen LogP contribution in [-0.2, 0) is 24.2 Å². The van der Waals surface area contributed by atoms with Crippen molar-refractivity contribution in [2.75, 3.05) is 44.2 Å². The Balaban J connectivity index is 1.25. The van der Waals surface area contributed by atoms with Crippen LogP contribution in [0.15, 0.2) is 18.2 Å². The summed E-state index contributed by atoms with van der Waals surface area (Å²) in [7, 11) is 0. The minimum atomic E-state index is -0.928. The minimum absolute atomic E-state index is 0.0174. The summed E-state index contributed by atoms with van der Waals surface area (Å²) in [5.41, 5.74) is 6.02. The molecule has 0 radical (unpaired) electrons. The van der Waals surface area contributed by atoms with Crippen LogP contribution >= 0.6 is 0 Å². The summed E-state index contributed by atoms with van der Waals surface area (Å²) in [6.45, 7) is 7.49. The van der Waals surface area contributed by atoms with Crippen LogP contribution < -0.4 is 4.90 Å². The van der Waals surface area contributed by atoms with Gasteiger partial charge < -0.3 is 24.9 Å². The van der Waals surface area contributed by atoms with Crippen LogP contribution in [0.5, 0.6) is 0 Å². The smallest absolute Gasteiger partial charge is 0.274 e. The molecule has 182 valence electrons. The molecular formula is C25H33N5O4. The predicted molar refractivity (Wildman–Crippen MR) is 127 cm³/mol. The van der Waals surface area contributed by atoms with E-state index in [1.807, 2.05) is 4.90 Å². The number of fused-ring (bicyclic) bond motifs is 1. The molecule has 2 N–H and O–H groups in total. The zero-order chi connectivity index (χ0) is 24.0. The van der Waals surface area contributed by atoms with E-state index < -0.39 is 12.2 Å². The second kappa shape index (κ2) is 9.03. The number of carbonyl (C=O) groups excluding carboxylic acids is 2. The predicted octanol–water partition coefficient (Wildman–Crippen LogP) is 0.515. The molecule has 0 saturated carbocycles. The molecule has 0 unspecified atom stereocenters. The summed E-state index contributed by atoms with van der Waals surface area (Å²) in [4.78, 5) is 31.9. The number of amides is 2. The van der Waals surface area contributed by atoms with Crippen molar-refractivity contribution in [1.29, 1.82) is 0 Å². The number of β-amino-alcohol motifs (C(OH)–C–C–N with tert-alkyl or cyclic N) is 2. The Morgan fingerprint density at radius 1 is 1.00 bits per heavy atom. The molecule has 9 nitrogen and oxygen atoms in total. The number of likely N-dealkylation sites (tertiary alicyclic amines) is 1. The van der Waals surface area contributed by atoms with Gasteiger partial charge in [0, 0.05) is 56.2 Å². The first-order chi connectivity index (χ1) is 16.3. The Labute approximate surface area is 199 Å². The number of nitrogens with zero attached hydrogens (tertiary/aromatic N) is 5. The Hall–Kier alpha value is -2.91. The molecular weight excluding hydrogens is 434 g/mol. The molecule has 2 aliphatic heterocycles. The van der Waals surface area contributed by atoms with Gasteiger partial charge >= 0.3 is 0 Å². The fourth-order valence-corrected chi connectivity index (χ4v) is 5.40. The summed E-state index contributed by atoms with van der Waals surface area (Å²) in [6.07, 6.45) is 0.638. The first-order valence-corrected chi connectivity index (χ1v) is 12.2. The van der Waals surface area contributed by atoms with Crippen molar-refractivity contribution in [2.24, 2.45) is 0 Å².